The van der Waals surface area contributed by atoms with E-state index < -0.39 is 5.82 Å². The van der Waals surface area contributed by atoms with Crippen molar-refractivity contribution in [1.29, 1.82) is 0 Å². The maximum Gasteiger partial charge on any atom is 0.148 e. The van der Waals surface area contributed by atoms with Crippen molar-refractivity contribution < 1.29 is 4.39 Å². The van der Waals surface area contributed by atoms with Gasteiger partial charge in [0.05, 0.1) is 11.1 Å². The minimum Gasteiger partial charge on any atom is -0.309 e. The van der Waals surface area contributed by atoms with Crippen LogP contribution in [0.25, 0.3) is 0 Å². The smallest absolute Gasteiger partial charge is 0.148 e. The van der Waals surface area contributed by atoms with Crippen molar-refractivity contribution in [3.8, 4) is 0 Å². The molecular weight excluding hydrogens is 408 g/mol. The predicted octanol–water partition coefficient (Wildman–Crippen LogP) is 5.62. The second-order valence-electron chi connectivity index (χ2n) is 4.51. The zero-order chi connectivity index (χ0) is 14.9. The molecule has 0 bridgehead atoms. The summed E-state index contributed by atoms with van der Waals surface area (Å²) >= 11 is 12.7. The van der Waals surface area contributed by atoms with Crippen LogP contribution >= 0.6 is 43.5 Å². The second kappa shape index (κ2) is 6.56. The molecule has 106 valence electrons. The maximum absolute atomic E-state index is 14.4. The molecule has 1 N–H and O–H groups in total. The van der Waals surface area contributed by atoms with Crippen LogP contribution in [0.5, 0.6) is 0 Å². The Morgan fingerprint density at radius 2 is 1.75 bits per heavy atom. The van der Waals surface area contributed by atoms with Crippen LogP contribution in [-0.4, -0.2) is 7.05 Å². The molecule has 1 unspecified atom stereocenters. The molecule has 20 heavy (non-hydrogen) atoms. The molecule has 0 amide bonds. The Bertz CT molecular complexity index is 646. The Morgan fingerprint density at radius 3 is 2.35 bits per heavy atom. The van der Waals surface area contributed by atoms with Crippen LogP contribution in [0.1, 0.15) is 22.7 Å². The summed E-state index contributed by atoms with van der Waals surface area (Å²) in [5.41, 5.74) is 2.63. The fraction of sp³-hybridized carbons (Fsp3) is 0.200. The van der Waals surface area contributed by atoms with E-state index in [1.54, 1.807) is 19.2 Å². The van der Waals surface area contributed by atoms with Gasteiger partial charge in [0.15, 0.2) is 0 Å². The Morgan fingerprint density at radius 1 is 1.10 bits per heavy atom. The Balaban J connectivity index is 2.55. The normalized spacial score (nSPS) is 12.5. The minimum absolute atomic E-state index is 0.103. The molecule has 0 aliphatic carbocycles. The minimum atomic E-state index is -0.409. The summed E-state index contributed by atoms with van der Waals surface area (Å²) in [6, 6.07) is 9.22. The van der Waals surface area contributed by atoms with E-state index >= 15 is 0 Å². The van der Waals surface area contributed by atoms with Gasteiger partial charge < -0.3 is 5.32 Å². The van der Waals surface area contributed by atoms with Crippen molar-refractivity contribution in [3.05, 3.63) is 66.8 Å². The molecule has 2 aromatic carbocycles. The fourth-order valence-electron chi connectivity index (χ4n) is 2.11. The van der Waals surface area contributed by atoms with E-state index in [2.05, 4.69) is 37.2 Å². The molecule has 0 aromatic heterocycles. The number of hydrogen-bond donors (Lipinski definition) is 1. The number of benzene rings is 2. The van der Waals surface area contributed by atoms with Crippen LogP contribution in [0.3, 0.4) is 0 Å². The van der Waals surface area contributed by atoms with Gasteiger partial charge in [-0.15, -0.1) is 0 Å². The lowest BCUT2D eigenvalue weighted by Gasteiger charge is -2.20. The average Bonchev–Trinajstić information content (AvgIpc) is 2.41. The Hall–Kier alpha value is -0.420. The van der Waals surface area contributed by atoms with Gasteiger partial charge in [0.25, 0.3) is 0 Å². The third-order valence-electron chi connectivity index (χ3n) is 3.13. The molecule has 0 spiro atoms. The van der Waals surface area contributed by atoms with Crippen molar-refractivity contribution in [2.24, 2.45) is 0 Å². The quantitative estimate of drug-likeness (QED) is 0.634. The molecule has 0 saturated heterocycles. The van der Waals surface area contributed by atoms with Gasteiger partial charge in [0.1, 0.15) is 5.82 Å². The molecule has 0 heterocycles. The van der Waals surface area contributed by atoms with E-state index in [1.807, 2.05) is 25.1 Å². The SMILES string of the molecule is CNC(c1ccc(C)cc1Br)c1ccc(Br)c(Cl)c1F. The van der Waals surface area contributed by atoms with Crippen molar-refractivity contribution >= 4 is 43.5 Å². The summed E-state index contributed by atoms with van der Waals surface area (Å²) in [5.74, 6) is -0.409. The monoisotopic (exact) mass is 419 g/mol. The number of halogens is 4. The highest BCUT2D eigenvalue weighted by atomic mass is 79.9. The highest BCUT2D eigenvalue weighted by molar-refractivity contribution is 9.10. The standard InChI is InChI=1S/C15H13Br2ClFN/c1-8-3-4-9(12(17)7-8)15(20-2)10-5-6-11(16)13(18)14(10)19/h3-7,15,20H,1-2H3. The van der Waals surface area contributed by atoms with Gasteiger partial charge in [0.2, 0.25) is 0 Å². The molecule has 2 aromatic rings. The van der Waals surface area contributed by atoms with Crippen molar-refractivity contribution in [3.63, 3.8) is 0 Å². The van der Waals surface area contributed by atoms with Crippen LogP contribution < -0.4 is 5.32 Å². The second-order valence-corrected chi connectivity index (χ2v) is 6.60. The van der Waals surface area contributed by atoms with Crippen LogP contribution in [-0.2, 0) is 0 Å². The summed E-state index contributed by atoms with van der Waals surface area (Å²) in [6.45, 7) is 2.01. The maximum atomic E-state index is 14.4. The molecule has 0 aliphatic heterocycles. The molecule has 5 heteroatoms. The molecule has 2 rings (SSSR count). The lowest BCUT2D eigenvalue weighted by Crippen LogP contribution is -2.19. The Labute approximate surface area is 139 Å². The first-order valence-corrected chi connectivity index (χ1v) is 7.98. The van der Waals surface area contributed by atoms with Gasteiger partial charge in [-0.1, -0.05) is 45.7 Å². The summed E-state index contributed by atoms with van der Waals surface area (Å²) in [4.78, 5) is 0. The molecule has 0 radical (unpaired) electrons. The summed E-state index contributed by atoms with van der Waals surface area (Å²) in [5, 5.41) is 3.24. The summed E-state index contributed by atoms with van der Waals surface area (Å²) in [7, 11) is 1.80. The third-order valence-corrected chi connectivity index (χ3v) is 5.08. The van der Waals surface area contributed by atoms with Crippen molar-refractivity contribution in [2.45, 2.75) is 13.0 Å². The van der Waals surface area contributed by atoms with Crippen LogP contribution in [0.15, 0.2) is 39.3 Å². The van der Waals surface area contributed by atoms with E-state index in [-0.39, 0.29) is 11.1 Å². The number of rotatable bonds is 3. The summed E-state index contributed by atoms with van der Waals surface area (Å²) < 4.78 is 15.9. The van der Waals surface area contributed by atoms with Gasteiger partial charge >= 0.3 is 0 Å². The van der Waals surface area contributed by atoms with Crippen LogP contribution in [0.4, 0.5) is 4.39 Å². The highest BCUT2D eigenvalue weighted by Crippen LogP contribution is 2.35. The molecule has 1 nitrogen and oxygen atoms in total. The van der Waals surface area contributed by atoms with Gasteiger partial charge in [-0.25, -0.2) is 4.39 Å². The van der Waals surface area contributed by atoms with Gasteiger partial charge in [-0.3, -0.25) is 0 Å². The van der Waals surface area contributed by atoms with Crippen LogP contribution in [0.2, 0.25) is 5.02 Å². The zero-order valence-electron chi connectivity index (χ0n) is 11.0. The van der Waals surface area contributed by atoms with Crippen molar-refractivity contribution in [2.75, 3.05) is 7.05 Å². The first-order valence-electron chi connectivity index (χ1n) is 6.02. The lowest BCUT2D eigenvalue weighted by atomic mass is 9.97. The topological polar surface area (TPSA) is 12.0 Å². The largest absolute Gasteiger partial charge is 0.309 e. The van der Waals surface area contributed by atoms with Gasteiger partial charge in [-0.2, -0.15) is 0 Å². The van der Waals surface area contributed by atoms with E-state index in [0.29, 0.717) is 10.0 Å². The first-order chi connectivity index (χ1) is 9.45. The summed E-state index contributed by atoms with van der Waals surface area (Å²) in [6.07, 6.45) is 0. The molecule has 0 aliphatic rings. The van der Waals surface area contributed by atoms with Crippen LogP contribution in [0, 0.1) is 12.7 Å². The van der Waals surface area contributed by atoms with E-state index in [9.17, 15) is 4.39 Å². The third kappa shape index (κ3) is 3.08. The average molecular weight is 422 g/mol. The number of aryl methyl sites for hydroxylation is 1. The zero-order valence-corrected chi connectivity index (χ0v) is 14.9. The van der Waals surface area contributed by atoms with Gasteiger partial charge in [-0.05, 0) is 53.2 Å². The Kier molecular flexibility index (Phi) is 5.24. The van der Waals surface area contributed by atoms with E-state index in [0.717, 1.165) is 15.6 Å². The molecular formula is C15H13Br2ClFN. The van der Waals surface area contributed by atoms with E-state index in [1.165, 1.54) is 0 Å². The fourth-order valence-corrected chi connectivity index (χ4v) is 3.31. The number of hydrogen-bond acceptors (Lipinski definition) is 1. The van der Waals surface area contributed by atoms with E-state index in [4.69, 9.17) is 11.6 Å². The van der Waals surface area contributed by atoms with Crippen molar-refractivity contribution in [1.82, 2.24) is 5.32 Å². The molecule has 0 saturated carbocycles. The first kappa shape index (κ1) is 16.0. The predicted molar refractivity (Wildman–Crippen MR) is 88.9 cm³/mol. The highest BCUT2D eigenvalue weighted by Gasteiger charge is 2.21. The molecule has 0 fully saturated rings. The molecule has 1 atom stereocenters. The number of nitrogens with one attached hydrogen (secondary N) is 1. The van der Waals surface area contributed by atoms with Gasteiger partial charge in [0, 0.05) is 14.5 Å². The lowest BCUT2D eigenvalue weighted by molar-refractivity contribution is 0.575.